The molecule has 0 bridgehead atoms. The highest BCUT2D eigenvalue weighted by atomic mass is 35.5. The van der Waals surface area contributed by atoms with Gasteiger partial charge in [-0.05, 0) is 37.0 Å². The molecule has 14 heavy (non-hydrogen) atoms. The van der Waals surface area contributed by atoms with Crippen molar-refractivity contribution in [1.29, 1.82) is 0 Å². The fourth-order valence-electron chi connectivity index (χ4n) is 1.80. The maximum atomic E-state index is 5.93. The van der Waals surface area contributed by atoms with Crippen LogP contribution in [-0.2, 0) is 16.2 Å². The molecular formula is C11H14ClNO. The summed E-state index contributed by atoms with van der Waals surface area (Å²) in [6.45, 7) is 2.06. The average molecular weight is 212 g/mol. The molecule has 0 unspecified atom stereocenters. The molecule has 76 valence electrons. The number of alkyl halides is 1. The van der Waals surface area contributed by atoms with Crippen LogP contribution in [0.25, 0.3) is 0 Å². The van der Waals surface area contributed by atoms with Gasteiger partial charge in [0.05, 0.1) is 5.69 Å². The standard InChI is InChI=1S/C11H14ClNO/c1-8-3-6-13-10(9(8)7-12)11(14-2)4-5-11/h3,6H,4-5,7H2,1-2H3. The molecule has 1 aromatic heterocycles. The average Bonchev–Trinajstić information content (AvgIpc) is 2.98. The van der Waals surface area contributed by atoms with Gasteiger partial charge in [-0.25, -0.2) is 0 Å². The van der Waals surface area contributed by atoms with E-state index in [1.165, 1.54) is 5.56 Å². The first-order valence-electron chi connectivity index (χ1n) is 4.79. The van der Waals surface area contributed by atoms with E-state index in [0.717, 1.165) is 24.1 Å². The number of nitrogens with zero attached hydrogens (tertiary/aromatic N) is 1. The Balaban J connectivity index is 2.47. The molecule has 1 heterocycles. The summed E-state index contributed by atoms with van der Waals surface area (Å²) in [6.07, 6.45) is 3.95. The maximum absolute atomic E-state index is 5.93. The van der Waals surface area contributed by atoms with E-state index in [1.54, 1.807) is 7.11 Å². The molecule has 0 N–H and O–H groups in total. The molecule has 0 saturated heterocycles. The van der Waals surface area contributed by atoms with E-state index in [1.807, 2.05) is 12.3 Å². The largest absolute Gasteiger partial charge is 0.372 e. The van der Waals surface area contributed by atoms with E-state index in [4.69, 9.17) is 16.3 Å². The van der Waals surface area contributed by atoms with Crippen molar-refractivity contribution < 1.29 is 4.74 Å². The smallest absolute Gasteiger partial charge is 0.110 e. The Hall–Kier alpha value is -0.600. The van der Waals surface area contributed by atoms with Gasteiger partial charge in [0.15, 0.2) is 0 Å². The molecule has 0 spiro atoms. The molecule has 1 aliphatic rings. The number of hydrogen-bond donors (Lipinski definition) is 0. The Morgan fingerprint density at radius 2 is 2.29 bits per heavy atom. The normalized spacial score (nSPS) is 18.2. The van der Waals surface area contributed by atoms with Crippen molar-refractivity contribution >= 4 is 11.6 Å². The van der Waals surface area contributed by atoms with Crippen LogP contribution in [0.4, 0.5) is 0 Å². The number of aryl methyl sites for hydroxylation is 1. The van der Waals surface area contributed by atoms with Crippen LogP contribution in [0, 0.1) is 6.92 Å². The van der Waals surface area contributed by atoms with E-state index in [0.29, 0.717) is 5.88 Å². The third-order valence-corrected chi connectivity index (χ3v) is 3.22. The van der Waals surface area contributed by atoms with Gasteiger partial charge in [0, 0.05) is 19.2 Å². The third-order valence-electron chi connectivity index (χ3n) is 2.95. The highest BCUT2D eigenvalue weighted by Crippen LogP contribution is 2.49. The minimum absolute atomic E-state index is 0.129. The van der Waals surface area contributed by atoms with Crippen LogP contribution in [0.3, 0.4) is 0 Å². The van der Waals surface area contributed by atoms with Crippen LogP contribution in [-0.4, -0.2) is 12.1 Å². The Labute approximate surface area is 89.3 Å². The minimum Gasteiger partial charge on any atom is -0.372 e. The van der Waals surface area contributed by atoms with Crippen molar-refractivity contribution in [2.75, 3.05) is 7.11 Å². The first-order chi connectivity index (χ1) is 6.73. The van der Waals surface area contributed by atoms with Gasteiger partial charge in [-0.1, -0.05) is 0 Å². The van der Waals surface area contributed by atoms with Gasteiger partial charge in [0.25, 0.3) is 0 Å². The zero-order valence-electron chi connectivity index (χ0n) is 8.51. The molecule has 0 aromatic carbocycles. The summed E-state index contributed by atoms with van der Waals surface area (Å²) in [4.78, 5) is 4.41. The number of halogens is 1. The molecule has 1 saturated carbocycles. The lowest BCUT2D eigenvalue weighted by Crippen LogP contribution is -2.14. The van der Waals surface area contributed by atoms with E-state index in [2.05, 4.69) is 11.9 Å². The quantitative estimate of drug-likeness (QED) is 0.718. The van der Waals surface area contributed by atoms with E-state index < -0.39 is 0 Å². The lowest BCUT2D eigenvalue weighted by molar-refractivity contribution is 0.0744. The van der Waals surface area contributed by atoms with Crippen molar-refractivity contribution in [3.05, 3.63) is 29.1 Å². The van der Waals surface area contributed by atoms with E-state index in [9.17, 15) is 0 Å². The molecule has 1 aromatic rings. The number of pyridine rings is 1. The molecule has 0 radical (unpaired) electrons. The summed E-state index contributed by atoms with van der Waals surface area (Å²) < 4.78 is 5.51. The van der Waals surface area contributed by atoms with Crippen LogP contribution in [0.2, 0.25) is 0 Å². The summed E-state index contributed by atoms with van der Waals surface area (Å²) >= 11 is 5.93. The van der Waals surface area contributed by atoms with Crippen LogP contribution >= 0.6 is 11.6 Å². The number of hydrogen-bond acceptors (Lipinski definition) is 2. The predicted molar refractivity (Wildman–Crippen MR) is 56.5 cm³/mol. The Morgan fingerprint density at radius 1 is 1.57 bits per heavy atom. The molecule has 0 amide bonds. The summed E-state index contributed by atoms with van der Waals surface area (Å²) in [6, 6.07) is 1.99. The Morgan fingerprint density at radius 3 is 2.79 bits per heavy atom. The maximum Gasteiger partial charge on any atom is 0.110 e. The summed E-state index contributed by atoms with van der Waals surface area (Å²) in [7, 11) is 1.75. The van der Waals surface area contributed by atoms with Gasteiger partial charge >= 0.3 is 0 Å². The summed E-state index contributed by atoms with van der Waals surface area (Å²) in [5.74, 6) is 0.514. The van der Waals surface area contributed by atoms with Gasteiger partial charge in [-0.15, -0.1) is 11.6 Å². The van der Waals surface area contributed by atoms with Gasteiger partial charge < -0.3 is 4.74 Å². The molecule has 3 heteroatoms. The fourth-order valence-corrected chi connectivity index (χ4v) is 2.14. The van der Waals surface area contributed by atoms with Gasteiger partial charge in [0.2, 0.25) is 0 Å². The summed E-state index contributed by atoms with van der Waals surface area (Å²) in [5.41, 5.74) is 3.24. The lowest BCUT2D eigenvalue weighted by Gasteiger charge is -2.17. The second-order valence-electron chi connectivity index (χ2n) is 3.79. The monoisotopic (exact) mass is 211 g/mol. The fraction of sp³-hybridized carbons (Fsp3) is 0.545. The second-order valence-corrected chi connectivity index (χ2v) is 4.05. The first kappa shape index (κ1) is 9.94. The van der Waals surface area contributed by atoms with E-state index >= 15 is 0 Å². The van der Waals surface area contributed by atoms with Crippen molar-refractivity contribution in [2.45, 2.75) is 31.2 Å². The SMILES string of the molecule is COC1(c2nccc(C)c2CCl)CC1. The van der Waals surface area contributed by atoms with Crippen molar-refractivity contribution in [1.82, 2.24) is 4.98 Å². The van der Waals surface area contributed by atoms with Crippen LogP contribution in [0.5, 0.6) is 0 Å². The predicted octanol–water partition coefficient (Wildman–Crippen LogP) is 2.76. The molecular weight excluding hydrogens is 198 g/mol. The molecule has 1 fully saturated rings. The van der Waals surface area contributed by atoms with Crippen LogP contribution in [0.1, 0.15) is 29.7 Å². The minimum atomic E-state index is -0.129. The molecule has 2 rings (SSSR count). The van der Waals surface area contributed by atoms with Gasteiger partial charge in [0.1, 0.15) is 5.60 Å². The molecule has 0 atom stereocenters. The van der Waals surface area contributed by atoms with Crippen molar-refractivity contribution in [3.8, 4) is 0 Å². The van der Waals surface area contributed by atoms with Crippen molar-refractivity contribution in [3.63, 3.8) is 0 Å². The zero-order chi connectivity index (χ0) is 10.2. The lowest BCUT2D eigenvalue weighted by atomic mass is 10.0. The first-order valence-corrected chi connectivity index (χ1v) is 5.33. The van der Waals surface area contributed by atoms with Crippen LogP contribution < -0.4 is 0 Å². The zero-order valence-corrected chi connectivity index (χ0v) is 9.27. The molecule has 0 aliphatic heterocycles. The van der Waals surface area contributed by atoms with Gasteiger partial charge in [-0.2, -0.15) is 0 Å². The number of aromatic nitrogens is 1. The molecule has 1 aliphatic carbocycles. The molecule has 2 nitrogen and oxygen atoms in total. The van der Waals surface area contributed by atoms with Crippen LogP contribution in [0.15, 0.2) is 12.3 Å². The number of rotatable bonds is 3. The third kappa shape index (κ3) is 1.43. The van der Waals surface area contributed by atoms with Crippen molar-refractivity contribution in [2.24, 2.45) is 0 Å². The second kappa shape index (κ2) is 3.52. The number of ether oxygens (including phenoxy) is 1. The highest BCUT2D eigenvalue weighted by Gasteiger charge is 2.47. The Kier molecular flexibility index (Phi) is 2.50. The highest BCUT2D eigenvalue weighted by molar-refractivity contribution is 6.17. The van der Waals surface area contributed by atoms with Gasteiger partial charge in [-0.3, -0.25) is 4.98 Å². The summed E-state index contributed by atoms with van der Waals surface area (Å²) in [5, 5.41) is 0. The topological polar surface area (TPSA) is 22.1 Å². The number of methoxy groups -OCH3 is 1. The van der Waals surface area contributed by atoms with E-state index in [-0.39, 0.29) is 5.60 Å². The Bertz CT molecular complexity index is 347.